The second kappa shape index (κ2) is 6.00. The molecule has 0 N–H and O–H groups in total. The zero-order chi connectivity index (χ0) is 14.0. The van der Waals surface area contributed by atoms with E-state index in [1.54, 1.807) is 0 Å². The van der Waals surface area contributed by atoms with Crippen LogP contribution in [0.3, 0.4) is 0 Å². The van der Waals surface area contributed by atoms with Gasteiger partial charge in [0.15, 0.2) is 0 Å². The Morgan fingerprint density at radius 2 is 1.33 bits per heavy atom. The van der Waals surface area contributed by atoms with Gasteiger partial charge in [0, 0.05) is 0 Å². The van der Waals surface area contributed by atoms with E-state index >= 15 is 0 Å². The summed E-state index contributed by atoms with van der Waals surface area (Å²) in [5.74, 6) is 0. The van der Waals surface area contributed by atoms with Gasteiger partial charge in [-0.1, -0.05) is 0 Å². The molecule has 0 radical (unpaired) electrons. The minimum atomic E-state index is -2.09. The third-order valence-corrected chi connectivity index (χ3v) is 6.79. The first-order chi connectivity index (χ1) is 7.99. The van der Waals surface area contributed by atoms with Gasteiger partial charge in [-0.2, -0.15) is 0 Å². The normalized spacial score (nSPS) is 18.2. The summed E-state index contributed by atoms with van der Waals surface area (Å²) in [5.41, 5.74) is -1.20. The molecule has 5 heteroatoms. The molecule has 0 aromatic carbocycles. The molecular weight excluding hydrogens is 417 g/mol. The summed E-state index contributed by atoms with van der Waals surface area (Å²) >= 11 is 1.32. The fourth-order valence-corrected chi connectivity index (χ4v) is 9.92. The van der Waals surface area contributed by atoms with Crippen molar-refractivity contribution in [3.05, 3.63) is 0 Å². The van der Waals surface area contributed by atoms with Crippen LogP contribution in [0.4, 0.5) is 0 Å². The van der Waals surface area contributed by atoms with Crippen LogP contribution in [-0.4, -0.2) is 16.9 Å². The Morgan fingerprint density at radius 3 is 1.67 bits per heavy atom. The second-order valence-corrected chi connectivity index (χ2v) is 13.2. The molecule has 1 saturated carbocycles. The van der Waals surface area contributed by atoms with Crippen LogP contribution in [0.15, 0.2) is 4.76 Å². The molecule has 0 unspecified atom stereocenters. The van der Waals surface area contributed by atoms with Crippen molar-refractivity contribution in [2.24, 2.45) is 4.76 Å². The van der Waals surface area contributed by atoms with Crippen LogP contribution in [0.25, 0.3) is 0 Å². The Balaban J connectivity index is 2.93. The molecular formula is C13H26NO2PW. The van der Waals surface area contributed by atoms with Crippen molar-refractivity contribution in [3.63, 3.8) is 0 Å². The van der Waals surface area contributed by atoms with Crippen molar-refractivity contribution >= 4 is 11.2 Å². The van der Waals surface area contributed by atoms with Crippen LogP contribution < -0.4 is 0 Å². The van der Waals surface area contributed by atoms with Gasteiger partial charge in [0.1, 0.15) is 0 Å². The molecule has 0 atom stereocenters. The van der Waals surface area contributed by atoms with Crippen LogP contribution in [0.1, 0.15) is 67.2 Å². The zero-order valence-electron chi connectivity index (χ0n) is 12.4. The number of hydrogen-bond donors (Lipinski definition) is 0. The van der Waals surface area contributed by atoms with Crippen LogP contribution in [-0.2, 0) is 27.9 Å². The van der Waals surface area contributed by atoms with E-state index < -0.39 is 5.50 Å². The number of nitrogens with zero attached hydrogens (tertiary/aromatic N) is 1. The van der Waals surface area contributed by atoms with Gasteiger partial charge in [-0.15, -0.1) is 0 Å². The summed E-state index contributed by atoms with van der Waals surface area (Å²) in [5, 5.41) is 0. The van der Waals surface area contributed by atoms with Crippen LogP contribution in [0, 0.1) is 0 Å². The molecule has 0 spiro atoms. The quantitative estimate of drug-likeness (QED) is 0.584. The molecule has 0 saturated heterocycles. The predicted molar refractivity (Wildman–Crippen MR) is 74.5 cm³/mol. The second-order valence-electron chi connectivity index (χ2n) is 6.75. The van der Waals surface area contributed by atoms with E-state index in [0.29, 0.717) is 0 Å². The fourth-order valence-electron chi connectivity index (χ4n) is 1.81. The van der Waals surface area contributed by atoms with Crippen molar-refractivity contribution < 1.29 is 27.9 Å². The van der Waals surface area contributed by atoms with E-state index in [9.17, 15) is 0 Å². The van der Waals surface area contributed by atoms with E-state index in [1.165, 1.54) is 37.4 Å². The Morgan fingerprint density at radius 1 is 0.944 bits per heavy atom. The van der Waals surface area contributed by atoms with Gasteiger partial charge >= 0.3 is 122 Å². The SMILES string of the molecule is CC(C)(C)O[P](=[W])(N=C1CCCC1)OC(C)(C)C. The summed E-state index contributed by atoms with van der Waals surface area (Å²) in [6.07, 6.45) is 4.77. The summed E-state index contributed by atoms with van der Waals surface area (Å²) in [4.78, 5) is 0. The topological polar surface area (TPSA) is 30.8 Å². The third-order valence-electron chi connectivity index (χ3n) is 2.22. The van der Waals surface area contributed by atoms with Crippen molar-refractivity contribution in [3.8, 4) is 0 Å². The van der Waals surface area contributed by atoms with E-state index in [2.05, 4.69) is 41.5 Å². The van der Waals surface area contributed by atoms with E-state index in [0.717, 1.165) is 12.8 Å². The van der Waals surface area contributed by atoms with Crippen molar-refractivity contribution in [2.75, 3.05) is 0 Å². The van der Waals surface area contributed by atoms with E-state index in [-0.39, 0.29) is 11.2 Å². The summed E-state index contributed by atoms with van der Waals surface area (Å²) < 4.78 is 17.3. The first kappa shape index (κ1) is 16.8. The Kier molecular flexibility index (Phi) is 5.59. The first-order valence-corrected chi connectivity index (χ1v) is 12.0. The van der Waals surface area contributed by atoms with Gasteiger partial charge < -0.3 is 0 Å². The van der Waals surface area contributed by atoms with Crippen LogP contribution in [0.5, 0.6) is 0 Å². The van der Waals surface area contributed by atoms with Crippen LogP contribution in [0.2, 0.25) is 0 Å². The maximum absolute atomic E-state index is 6.20. The average Bonchev–Trinajstić information content (AvgIpc) is 2.46. The van der Waals surface area contributed by atoms with Crippen molar-refractivity contribution in [2.45, 2.75) is 78.4 Å². The molecule has 18 heavy (non-hydrogen) atoms. The Hall–Kier alpha value is 0.708. The van der Waals surface area contributed by atoms with E-state index in [1.807, 2.05) is 0 Å². The fraction of sp³-hybridized carbons (Fsp3) is 0.923. The van der Waals surface area contributed by atoms with Crippen LogP contribution >= 0.6 is 5.50 Å². The summed E-state index contributed by atoms with van der Waals surface area (Å²) in [6, 6.07) is 0. The number of rotatable bonds is 3. The first-order valence-electron chi connectivity index (χ1n) is 6.59. The van der Waals surface area contributed by atoms with Gasteiger partial charge in [0.25, 0.3) is 0 Å². The van der Waals surface area contributed by atoms with E-state index in [4.69, 9.17) is 13.8 Å². The van der Waals surface area contributed by atoms with Gasteiger partial charge in [-0.25, -0.2) is 0 Å². The number of hydrogen-bond acceptors (Lipinski definition) is 3. The zero-order valence-corrected chi connectivity index (χ0v) is 16.3. The molecule has 0 bridgehead atoms. The monoisotopic (exact) mass is 443 g/mol. The summed E-state index contributed by atoms with van der Waals surface area (Å²) in [7, 11) is 0. The molecule has 1 fully saturated rings. The molecule has 106 valence electrons. The average molecular weight is 443 g/mol. The van der Waals surface area contributed by atoms with Crippen molar-refractivity contribution in [1.82, 2.24) is 0 Å². The Bertz CT molecular complexity index is 338. The molecule has 0 heterocycles. The molecule has 0 amide bonds. The third kappa shape index (κ3) is 6.75. The molecule has 1 aliphatic rings. The molecule has 1 rings (SSSR count). The molecule has 0 aromatic rings. The molecule has 0 aliphatic heterocycles. The predicted octanol–water partition coefficient (Wildman–Crippen LogP) is 4.86. The van der Waals surface area contributed by atoms with Gasteiger partial charge in [0.2, 0.25) is 0 Å². The minimum absolute atomic E-state index is 0.205. The van der Waals surface area contributed by atoms with Gasteiger partial charge in [0.05, 0.1) is 0 Å². The van der Waals surface area contributed by atoms with Gasteiger partial charge in [-0.3, -0.25) is 0 Å². The van der Waals surface area contributed by atoms with Gasteiger partial charge in [-0.05, 0) is 0 Å². The Labute approximate surface area is 122 Å². The maximum atomic E-state index is 6.20. The van der Waals surface area contributed by atoms with Crippen molar-refractivity contribution in [1.29, 1.82) is 0 Å². The molecule has 1 aliphatic carbocycles. The standard InChI is InChI=1S/C13H26NO2P.W/c1-12(2,3)15-17(16-13(4,5)6)14-11-9-7-8-10-11;/h7-10H2,1-6H3;. The molecule has 0 aromatic heterocycles. The summed E-state index contributed by atoms with van der Waals surface area (Å²) in [6.45, 7) is 12.4. The molecule has 3 nitrogen and oxygen atoms in total.